The van der Waals surface area contributed by atoms with Crippen LogP contribution in [0.5, 0.6) is 0 Å². The summed E-state index contributed by atoms with van der Waals surface area (Å²) < 4.78 is 31.5. The van der Waals surface area contributed by atoms with E-state index in [0.29, 0.717) is 5.56 Å². The number of hydrogen-bond donors (Lipinski definition) is 0. The third kappa shape index (κ3) is 14.5. The first-order valence-electron chi connectivity index (χ1n) is 31.2. The van der Waals surface area contributed by atoms with Crippen molar-refractivity contribution in [1.82, 2.24) is 0 Å². The first-order valence-corrected chi connectivity index (χ1v) is 29.7. The Labute approximate surface area is 517 Å². The SMILES string of the molecule is Cc1cc(-c2ccccc2C)[n+](C)cc1-c1ccccc1.Cc1cc(-c2ccccc2C)[n+](C)cc1-c1ccccc1.Cc1ccc(-c2cc(C)c(-c3ccccc3)c[n+]2C)c(C)c1.[2H]C([2H])([2H])c1ccc(-c2cc(C)c(-c3ccccc3)c[n+]2C)c(C)c1. The fourth-order valence-electron chi connectivity index (χ4n) is 11.5. The highest BCUT2D eigenvalue weighted by atomic mass is 14.9. The summed E-state index contributed by atoms with van der Waals surface area (Å²) >= 11 is 0. The lowest BCUT2D eigenvalue weighted by Crippen LogP contribution is -2.31. The average molecular weight is 1130 g/mol. The summed E-state index contributed by atoms with van der Waals surface area (Å²) in [5.41, 5.74) is 31.5. The fraction of sp³-hybridized carbons (Fsp3) is 0.171. The highest BCUT2D eigenvalue weighted by Crippen LogP contribution is 2.32. The topological polar surface area (TPSA) is 15.5 Å². The molecule has 4 heterocycles. The van der Waals surface area contributed by atoms with E-state index in [9.17, 15) is 0 Å². The first-order chi connectivity index (χ1) is 42.7. The van der Waals surface area contributed by atoms with Gasteiger partial charge >= 0.3 is 0 Å². The zero-order valence-corrected chi connectivity index (χ0v) is 52.5. The molecule has 0 aliphatic heterocycles. The van der Waals surface area contributed by atoms with Crippen molar-refractivity contribution in [2.75, 3.05) is 0 Å². The molecule has 12 aromatic rings. The van der Waals surface area contributed by atoms with Crippen molar-refractivity contribution in [3.05, 3.63) is 311 Å². The van der Waals surface area contributed by atoms with E-state index in [1.807, 2.05) is 38.2 Å². The quantitative estimate of drug-likeness (QED) is 0.135. The minimum Gasteiger partial charge on any atom is -0.200 e. The van der Waals surface area contributed by atoms with Crippen LogP contribution in [0.25, 0.3) is 89.5 Å². The molecule has 4 nitrogen and oxygen atoms in total. The van der Waals surface area contributed by atoms with Gasteiger partial charge in [0.15, 0.2) is 24.8 Å². The van der Waals surface area contributed by atoms with E-state index in [2.05, 4.69) is 314 Å². The molecule has 0 saturated heterocycles. The highest BCUT2D eigenvalue weighted by Gasteiger charge is 2.21. The maximum atomic E-state index is 7.57. The lowest BCUT2D eigenvalue weighted by Gasteiger charge is -2.10. The van der Waals surface area contributed by atoms with E-state index in [4.69, 9.17) is 4.11 Å². The van der Waals surface area contributed by atoms with E-state index in [-0.39, 0.29) is 0 Å². The molecule has 0 N–H and O–H groups in total. The third-order valence-corrected chi connectivity index (χ3v) is 16.3. The van der Waals surface area contributed by atoms with Gasteiger partial charge in [0.1, 0.15) is 28.2 Å². The molecule has 0 spiro atoms. The van der Waals surface area contributed by atoms with Crippen LogP contribution in [0.3, 0.4) is 0 Å². The smallest absolute Gasteiger partial charge is 0.200 e. The van der Waals surface area contributed by atoms with Gasteiger partial charge < -0.3 is 0 Å². The second-order valence-electron chi connectivity index (χ2n) is 22.9. The van der Waals surface area contributed by atoms with Gasteiger partial charge in [-0.15, -0.1) is 0 Å². The zero-order valence-electron chi connectivity index (χ0n) is 55.5. The third-order valence-electron chi connectivity index (χ3n) is 16.3. The molecule has 0 unspecified atom stereocenters. The molecule has 0 saturated carbocycles. The molecular weight excluding hydrogens is 1040 g/mol. The molecule has 0 amide bonds. The van der Waals surface area contributed by atoms with Gasteiger partial charge in [0.2, 0.25) is 22.8 Å². The number of hydrogen-bond acceptors (Lipinski definition) is 0. The summed E-state index contributed by atoms with van der Waals surface area (Å²) in [6.07, 6.45) is 8.83. The Morgan fingerprint density at radius 1 is 0.221 bits per heavy atom. The van der Waals surface area contributed by atoms with E-state index < -0.39 is 6.85 Å². The van der Waals surface area contributed by atoms with Crippen molar-refractivity contribution >= 4 is 0 Å². The van der Waals surface area contributed by atoms with Gasteiger partial charge in [-0.1, -0.05) is 193 Å². The lowest BCUT2D eigenvalue weighted by atomic mass is 9.97. The minimum atomic E-state index is -2.07. The molecule has 0 aliphatic carbocycles. The van der Waals surface area contributed by atoms with Crippen molar-refractivity contribution in [3.8, 4) is 89.5 Å². The Kier molecular flexibility index (Phi) is 18.4. The van der Waals surface area contributed by atoms with Crippen LogP contribution in [-0.2, 0) is 28.2 Å². The molecule has 8 aromatic carbocycles. The molecule has 428 valence electrons. The standard InChI is InChI=1S/2C21H22N.2C20H20N/c2*1-15-10-11-19(16(2)12-15)21-13-17(3)20(14-22(21)4)18-8-6-5-7-9-18;2*1-15-9-7-8-12-18(15)20-13-16(2)19(14-21(20)3)17-10-5-4-6-11-17/h2*5-14H,1-4H3;2*4-14H,1-3H3/q4*+1/i1D3;;;. The van der Waals surface area contributed by atoms with Crippen LogP contribution in [0.2, 0.25) is 0 Å². The molecule has 0 bridgehead atoms. The molecule has 0 atom stereocenters. The molecular formula is C82H84N4+4. The summed E-state index contributed by atoms with van der Waals surface area (Å²) in [6, 6.07) is 80.1. The number of aryl methyl sites for hydroxylation is 14. The van der Waals surface area contributed by atoms with Gasteiger partial charge in [-0.2, -0.15) is 0 Å². The Morgan fingerprint density at radius 2 is 0.453 bits per heavy atom. The van der Waals surface area contributed by atoms with E-state index >= 15 is 0 Å². The zero-order chi connectivity index (χ0) is 63.5. The number of rotatable bonds is 8. The lowest BCUT2D eigenvalue weighted by molar-refractivity contribution is -0.660. The van der Waals surface area contributed by atoms with Crippen molar-refractivity contribution < 1.29 is 22.4 Å². The molecule has 0 fully saturated rings. The summed E-state index contributed by atoms with van der Waals surface area (Å²) in [5, 5.41) is 0. The Balaban J connectivity index is 0.000000141. The number of pyridine rings is 4. The predicted octanol–water partition coefficient (Wildman–Crippen LogP) is 18.5. The summed E-state index contributed by atoms with van der Waals surface area (Å²) in [4.78, 5) is 0. The van der Waals surface area contributed by atoms with Crippen LogP contribution < -0.4 is 18.3 Å². The minimum absolute atomic E-state index is 0.383. The van der Waals surface area contributed by atoms with Gasteiger partial charge in [0.25, 0.3) is 0 Å². The maximum absolute atomic E-state index is 7.57. The van der Waals surface area contributed by atoms with Crippen LogP contribution in [0.15, 0.2) is 255 Å². The summed E-state index contributed by atoms with van der Waals surface area (Å²) in [5.74, 6) is 0. The number of aromatic nitrogens is 4. The van der Waals surface area contributed by atoms with E-state index in [0.717, 1.165) is 16.8 Å². The molecule has 0 radical (unpaired) electrons. The van der Waals surface area contributed by atoms with Crippen LogP contribution >= 0.6 is 0 Å². The van der Waals surface area contributed by atoms with Gasteiger partial charge in [-0.05, 0) is 160 Å². The summed E-state index contributed by atoms with van der Waals surface area (Å²) in [6.45, 7) is 17.2. The van der Waals surface area contributed by atoms with Crippen molar-refractivity contribution in [1.29, 1.82) is 0 Å². The second kappa shape index (κ2) is 27.8. The van der Waals surface area contributed by atoms with Crippen LogP contribution in [0, 0.1) is 69.2 Å². The Hall–Kier alpha value is -9.64. The Morgan fingerprint density at radius 3 is 0.721 bits per heavy atom. The van der Waals surface area contributed by atoms with Crippen LogP contribution in [0.1, 0.15) is 59.7 Å². The Bertz CT molecular complexity index is 4280. The monoisotopic (exact) mass is 1130 g/mol. The number of nitrogens with zero attached hydrogens (tertiary/aromatic N) is 4. The largest absolute Gasteiger partial charge is 0.212 e. The first kappa shape index (κ1) is 56.8. The van der Waals surface area contributed by atoms with E-state index in [1.54, 1.807) is 12.1 Å². The highest BCUT2D eigenvalue weighted by molar-refractivity contribution is 5.73. The fourth-order valence-corrected chi connectivity index (χ4v) is 11.5. The molecule has 4 aromatic heterocycles. The average Bonchev–Trinajstić information content (AvgIpc) is 2.45. The number of benzene rings is 8. The van der Waals surface area contributed by atoms with Crippen LogP contribution in [-0.4, -0.2) is 0 Å². The normalized spacial score (nSPS) is 11.3. The van der Waals surface area contributed by atoms with Crippen LogP contribution in [0.4, 0.5) is 0 Å². The molecule has 12 rings (SSSR count). The van der Waals surface area contributed by atoms with Gasteiger partial charge in [-0.25, -0.2) is 18.3 Å². The second-order valence-corrected chi connectivity index (χ2v) is 22.9. The molecule has 4 heteroatoms. The van der Waals surface area contributed by atoms with E-state index in [1.165, 1.54) is 123 Å². The maximum Gasteiger partial charge on any atom is 0.212 e. The van der Waals surface area contributed by atoms with Gasteiger partial charge in [0, 0.05) is 72.9 Å². The summed E-state index contributed by atoms with van der Waals surface area (Å²) in [7, 11) is 8.39. The van der Waals surface area contributed by atoms with Gasteiger partial charge in [-0.3, -0.25) is 0 Å². The van der Waals surface area contributed by atoms with Gasteiger partial charge in [0.05, 0.1) is 0 Å². The van der Waals surface area contributed by atoms with Crippen molar-refractivity contribution in [2.45, 2.75) is 69.2 Å². The van der Waals surface area contributed by atoms with Crippen molar-refractivity contribution in [2.24, 2.45) is 28.2 Å². The predicted molar refractivity (Wildman–Crippen MR) is 361 cm³/mol. The molecule has 86 heavy (non-hydrogen) atoms. The van der Waals surface area contributed by atoms with Crippen molar-refractivity contribution in [3.63, 3.8) is 0 Å². The molecule has 0 aliphatic rings.